The van der Waals surface area contributed by atoms with E-state index in [0.717, 1.165) is 16.7 Å². The fourth-order valence-corrected chi connectivity index (χ4v) is 4.91. The summed E-state index contributed by atoms with van der Waals surface area (Å²) in [5.41, 5.74) is 2.15. The van der Waals surface area contributed by atoms with Gasteiger partial charge in [-0.3, -0.25) is 0 Å². The molecule has 2 aromatic heterocycles. The summed E-state index contributed by atoms with van der Waals surface area (Å²) in [7, 11) is 0. The number of aryl methyl sites for hydroxylation is 1. The highest BCUT2D eigenvalue weighted by Gasteiger charge is 2.16. The number of thiophene rings is 2. The molecule has 0 unspecified atom stereocenters. The van der Waals surface area contributed by atoms with Crippen LogP contribution in [-0.2, 0) is 11.2 Å². The summed E-state index contributed by atoms with van der Waals surface area (Å²) in [5.74, 6) is -0.184. The predicted molar refractivity (Wildman–Crippen MR) is 92.7 cm³/mol. The molecule has 2 aromatic rings. The van der Waals surface area contributed by atoms with Crippen LogP contribution in [0.5, 0.6) is 0 Å². The summed E-state index contributed by atoms with van der Waals surface area (Å²) in [4.78, 5) is 11.9. The Labute approximate surface area is 135 Å². The first kappa shape index (κ1) is 16.5. The van der Waals surface area contributed by atoms with Crippen molar-refractivity contribution in [3.8, 4) is 0 Å². The standard InChI is InChI=1S/C17H24O2S2/c1-3-5-6-7-8-9-10-13-11-20-16-14(12-21-15(13)16)17(18)19-4-2/h11-12H,3-10H2,1-2H3. The number of carbonyl (C=O) groups excluding carboxylic acids is 1. The van der Waals surface area contributed by atoms with Gasteiger partial charge >= 0.3 is 5.97 Å². The number of hydrogen-bond donors (Lipinski definition) is 0. The van der Waals surface area contributed by atoms with Gasteiger partial charge in [0.2, 0.25) is 0 Å². The summed E-state index contributed by atoms with van der Waals surface area (Å²) in [6.07, 6.45) is 9.07. The Bertz CT molecular complexity index is 568. The maximum atomic E-state index is 11.9. The van der Waals surface area contributed by atoms with Gasteiger partial charge in [0.05, 0.1) is 16.9 Å². The molecular formula is C17H24O2S2. The highest BCUT2D eigenvalue weighted by atomic mass is 32.1. The van der Waals surface area contributed by atoms with Crippen LogP contribution in [0.15, 0.2) is 10.8 Å². The van der Waals surface area contributed by atoms with Gasteiger partial charge in [-0.15, -0.1) is 22.7 Å². The van der Waals surface area contributed by atoms with Crippen molar-refractivity contribution < 1.29 is 9.53 Å². The minimum Gasteiger partial charge on any atom is -0.462 e. The normalized spacial score (nSPS) is 11.1. The number of ether oxygens (including phenoxy) is 1. The largest absolute Gasteiger partial charge is 0.462 e. The fraction of sp³-hybridized carbons (Fsp3) is 0.588. The van der Waals surface area contributed by atoms with Crippen molar-refractivity contribution in [3.05, 3.63) is 21.9 Å². The molecule has 0 aliphatic rings. The van der Waals surface area contributed by atoms with Crippen LogP contribution in [0.4, 0.5) is 0 Å². The Morgan fingerprint density at radius 2 is 1.71 bits per heavy atom. The molecule has 21 heavy (non-hydrogen) atoms. The van der Waals surface area contributed by atoms with E-state index >= 15 is 0 Å². The van der Waals surface area contributed by atoms with Crippen molar-refractivity contribution in [2.45, 2.75) is 58.8 Å². The third kappa shape index (κ3) is 4.30. The van der Waals surface area contributed by atoms with E-state index in [-0.39, 0.29) is 5.97 Å². The summed E-state index contributed by atoms with van der Waals surface area (Å²) in [6.45, 7) is 4.53. The molecule has 2 nitrogen and oxygen atoms in total. The van der Waals surface area contributed by atoms with Crippen LogP contribution in [0.2, 0.25) is 0 Å². The lowest BCUT2D eigenvalue weighted by molar-refractivity contribution is 0.0529. The average molecular weight is 325 g/mol. The van der Waals surface area contributed by atoms with E-state index in [4.69, 9.17) is 4.74 Å². The minimum absolute atomic E-state index is 0.184. The zero-order valence-corrected chi connectivity index (χ0v) is 14.6. The number of hydrogen-bond acceptors (Lipinski definition) is 4. The van der Waals surface area contributed by atoms with Crippen LogP contribution in [0.1, 0.15) is 68.3 Å². The third-order valence-corrected chi connectivity index (χ3v) is 5.90. The summed E-state index contributed by atoms with van der Waals surface area (Å²) in [5, 5.41) is 4.17. The molecule has 2 rings (SSSR count). The zero-order valence-electron chi connectivity index (χ0n) is 12.9. The van der Waals surface area contributed by atoms with E-state index in [1.807, 2.05) is 12.3 Å². The molecule has 0 aromatic carbocycles. The number of unbranched alkanes of at least 4 members (excludes halogenated alkanes) is 5. The molecule has 4 heteroatoms. The lowest BCUT2D eigenvalue weighted by Gasteiger charge is -2.00. The maximum Gasteiger partial charge on any atom is 0.340 e. The van der Waals surface area contributed by atoms with Crippen LogP contribution in [0.3, 0.4) is 0 Å². The second-order valence-corrected chi connectivity index (χ2v) is 7.07. The van der Waals surface area contributed by atoms with Gasteiger partial charge in [0.25, 0.3) is 0 Å². The Morgan fingerprint density at radius 3 is 2.48 bits per heavy atom. The predicted octanol–water partition coefficient (Wildman–Crippen LogP) is 6.04. The molecule has 0 radical (unpaired) electrons. The van der Waals surface area contributed by atoms with E-state index < -0.39 is 0 Å². The van der Waals surface area contributed by atoms with Gasteiger partial charge in [-0.25, -0.2) is 4.79 Å². The molecule has 0 fully saturated rings. The van der Waals surface area contributed by atoms with Gasteiger partial charge in [-0.2, -0.15) is 0 Å². The van der Waals surface area contributed by atoms with Gasteiger partial charge in [-0.1, -0.05) is 39.0 Å². The summed E-state index contributed by atoms with van der Waals surface area (Å²) >= 11 is 3.37. The molecule has 0 atom stereocenters. The van der Waals surface area contributed by atoms with Crippen molar-refractivity contribution in [3.63, 3.8) is 0 Å². The zero-order chi connectivity index (χ0) is 15.1. The topological polar surface area (TPSA) is 26.3 Å². The first-order chi connectivity index (χ1) is 10.3. The molecule has 0 aliphatic carbocycles. The van der Waals surface area contributed by atoms with E-state index in [0.29, 0.717) is 6.61 Å². The Morgan fingerprint density at radius 1 is 1.00 bits per heavy atom. The van der Waals surface area contributed by atoms with Crippen molar-refractivity contribution >= 4 is 38.0 Å². The van der Waals surface area contributed by atoms with Gasteiger partial charge < -0.3 is 4.74 Å². The van der Waals surface area contributed by atoms with E-state index in [9.17, 15) is 4.79 Å². The van der Waals surface area contributed by atoms with Crippen LogP contribution in [-0.4, -0.2) is 12.6 Å². The number of carbonyl (C=O) groups is 1. The number of esters is 1. The fourth-order valence-electron chi connectivity index (χ4n) is 2.49. The van der Waals surface area contributed by atoms with Crippen molar-refractivity contribution in [2.75, 3.05) is 6.61 Å². The van der Waals surface area contributed by atoms with E-state index in [1.54, 1.807) is 22.7 Å². The first-order valence-electron chi connectivity index (χ1n) is 7.92. The van der Waals surface area contributed by atoms with Gasteiger partial charge in [-0.05, 0) is 30.7 Å². The number of fused-ring (bicyclic) bond motifs is 1. The monoisotopic (exact) mass is 324 g/mol. The Kier molecular flexibility index (Phi) is 6.71. The van der Waals surface area contributed by atoms with E-state index in [2.05, 4.69) is 12.3 Å². The molecule has 116 valence electrons. The second-order valence-electron chi connectivity index (χ2n) is 5.31. The molecule has 0 spiro atoms. The quantitative estimate of drug-likeness (QED) is 0.415. The van der Waals surface area contributed by atoms with E-state index in [1.165, 1.54) is 48.8 Å². The Hall–Kier alpha value is -0.870. The second kappa shape index (κ2) is 8.54. The van der Waals surface area contributed by atoms with Crippen LogP contribution < -0.4 is 0 Å². The average Bonchev–Trinajstić information content (AvgIpc) is 3.05. The van der Waals surface area contributed by atoms with Crippen LogP contribution >= 0.6 is 22.7 Å². The van der Waals surface area contributed by atoms with Crippen LogP contribution in [0.25, 0.3) is 9.40 Å². The first-order valence-corrected chi connectivity index (χ1v) is 9.68. The molecule has 0 saturated heterocycles. The van der Waals surface area contributed by atoms with Gasteiger partial charge in [0.1, 0.15) is 0 Å². The molecule has 0 aliphatic heterocycles. The molecule has 0 amide bonds. The molecule has 0 N–H and O–H groups in total. The highest BCUT2D eigenvalue weighted by Crippen LogP contribution is 2.35. The molecule has 0 saturated carbocycles. The van der Waals surface area contributed by atoms with Gasteiger partial charge in [0.15, 0.2) is 0 Å². The summed E-state index contributed by atoms with van der Waals surface area (Å²) in [6, 6.07) is 0. The third-order valence-electron chi connectivity index (χ3n) is 3.65. The minimum atomic E-state index is -0.184. The van der Waals surface area contributed by atoms with Gasteiger partial charge in [0, 0.05) is 10.1 Å². The Balaban J connectivity index is 1.91. The molecule has 0 bridgehead atoms. The lowest BCUT2D eigenvalue weighted by Crippen LogP contribution is -2.02. The van der Waals surface area contributed by atoms with Crippen LogP contribution in [0, 0.1) is 0 Å². The van der Waals surface area contributed by atoms with Crippen molar-refractivity contribution in [1.29, 1.82) is 0 Å². The smallest absolute Gasteiger partial charge is 0.340 e. The SMILES string of the molecule is CCCCCCCCc1csc2c(C(=O)OCC)csc12. The molecular weight excluding hydrogens is 300 g/mol. The maximum absolute atomic E-state index is 11.9. The number of rotatable bonds is 9. The van der Waals surface area contributed by atoms with Crippen molar-refractivity contribution in [2.24, 2.45) is 0 Å². The highest BCUT2D eigenvalue weighted by molar-refractivity contribution is 7.26. The molecule has 2 heterocycles. The van der Waals surface area contributed by atoms with Crippen molar-refractivity contribution in [1.82, 2.24) is 0 Å². The lowest BCUT2D eigenvalue weighted by atomic mass is 10.1. The summed E-state index contributed by atoms with van der Waals surface area (Å²) < 4.78 is 7.51.